The van der Waals surface area contributed by atoms with Gasteiger partial charge < -0.3 is 39.0 Å². The zero-order valence-corrected chi connectivity index (χ0v) is 23.4. The predicted molar refractivity (Wildman–Crippen MR) is 153 cm³/mol. The third kappa shape index (κ3) is 4.70. The molecule has 10 nitrogen and oxygen atoms in total. The van der Waals surface area contributed by atoms with E-state index >= 15 is 0 Å². The van der Waals surface area contributed by atoms with Crippen LogP contribution in [-0.2, 0) is 0 Å². The van der Waals surface area contributed by atoms with Crippen molar-refractivity contribution in [3.05, 3.63) is 95.1 Å². The van der Waals surface area contributed by atoms with Crippen molar-refractivity contribution in [2.24, 2.45) is 11.8 Å². The Bertz CT molecular complexity index is 1710. The van der Waals surface area contributed by atoms with Crippen LogP contribution in [0.4, 0.5) is 0 Å². The second kappa shape index (κ2) is 10.8. The van der Waals surface area contributed by atoms with Crippen LogP contribution in [0.25, 0.3) is 0 Å². The fourth-order valence-electron chi connectivity index (χ4n) is 5.83. The number of phenols is 3. The van der Waals surface area contributed by atoms with E-state index in [9.17, 15) is 24.9 Å². The van der Waals surface area contributed by atoms with Crippen LogP contribution in [0.3, 0.4) is 0 Å². The number of carbonyl (C=O) groups excluding carboxylic acids is 2. The summed E-state index contributed by atoms with van der Waals surface area (Å²) in [6, 6.07) is 18.8. The molecule has 2 aliphatic rings. The number of rotatable bonds is 6. The molecular weight excluding hydrogens is 556 g/mol. The molecule has 6 rings (SSSR count). The minimum atomic E-state index is -1.23. The van der Waals surface area contributed by atoms with Crippen molar-refractivity contribution in [3.63, 3.8) is 0 Å². The average Bonchev–Trinajstić information content (AvgIpc) is 3.00. The van der Waals surface area contributed by atoms with Crippen LogP contribution in [0.2, 0.25) is 0 Å². The second-order valence-corrected chi connectivity index (χ2v) is 10.3. The third-order valence-corrected chi connectivity index (χ3v) is 7.89. The van der Waals surface area contributed by atoms with Gasteiger partial charge in [0.1, 0.15) is 69.3 Å². The summed E-state index contributed by atoms with van der Waals surface area (Å²) in [5.74, 6) is -3.25. The number of fused-ring (bicyclic) bond motifs is 2. The molecule has 0 radical (unpaired) electrons. The molecule has 10 heteroatoms. The lowest BCUT2D eigenvalue weighted by molar-refractivity contribution is 0.0129. The summed E-state index contributed by atoms with van der Waals surface area (Å²) in [7, 11) is 4.48. The Labute approximate surface area is 246 Å². The number of hydrogen-bond donors (Lipinski definition) is 3. The monoisotopic (exact) mass is 584 g/mol. The molecule has 4 aromatic carbocycles. The van der Waals surface area contributed by atoms with Crippen LogP contribution in [0.15, 0.2) is 72.8 Å². The molecule has 43 heavy (non-hydrogen) atoms. The number of ether oxygens (including phenoxy) is 5. The quantitative estimate of drug-likeness (QED) is 0.270. The van der Waals surface area contributed by atoms with Crippen molar-refractivity contribution in [1.29, 1.82) is 0 Å². The summed E-state index contributed by atoms with van der Waals surface area (Å²) in [6.45, 7) is 0. The molecule has 0 bridgehead atoms. The van der Waals surface area contributed by atoms with Gasteiger partial charge in [-0.05, 0) is 35.4 Å². The van der Waals surface area contributed by atoms with Gasteiger partial charge in [0.2, 0.25) is 0 Å². The molecule has 0 fully saturated rings. The fourth-order valence-corrected chi connectivity index (χ4v) is 5.83. The highest BCUT2D eigenvalue weighted by atomic mass is 16.5. The lowest BCUT2D eigenvalue weighted by Crippen LogP contribution is -2.45. The SMILES string of the molecule is COc1ccc([C@H]2Oc3cc(O)cc(O)c3C(=O)[C@H]2[C@@H]2C(=O)c3c(O)cc(OC)cc3O[C@@H]2c2ccc(OC)cc2)cc1. The van der Waals surface area contributed by atoms with Gasteiger partial charge in [-0.1, -0.05) is 24.3 Å². The summed E-state index contributed by atoms with van der Waals surface area (Å²) in [6.07, 6.45) is -2.07. The zero-order chi connectivity index (χ0) is 30.4. The molecule has 4 aromatic rings. The van der Waals surface area contributed by atoms with Crippen molar-refractivity contribution >= 4 is 11.6 Å². The lowest BCUT2D eigenvalue weighted by atomic mass is 9.69. The summed E-state index contributed by atoms with van der Waals surface area (Å²) in [5, 5.41) is 31.8. The second-order valence-electron chi connectivity index (χ2n) is 10.3. The summed E-state index contributed by atoms with van der Waals surface area (Å²) >= 11 is 0. The molecule has 4 atom stereocenters. The topological polar surface area (TPSA) is 141 Å². The van der Waals surface area contributed by atoms with E-state index in [1.54, 1.807) is 48.5 Å². The molecule has 3 N–H and O–H groups in total. The first-order valence-corrected chi connectivity index (χ1v) is 13.4. The van der Waals surface area contributed by atoms with E-state index in [-0.39, 0.29) is 39.9 Å². The highest BCUT2D eigenvalue weighted by Gasteiger charge is 2.53. The summed E-state index contributed by atoms with van der Waals surface area (Å²) < 4.78 is 28.6. The Morgan fingerprint density at radius 1 is 0.558 bits per heavy atom. The molecule has 0 unspecified atom stereocenters. The van der Waals surface area contributed by atoms with E-state index in [4.69, 9.17) is 23.7 Å². The summed E-state index contributed by atoms with van der Waals surface area (Å²) in [5.41, 5.74) is 0.837. The third-order valence-electron chi connectivity index (χ3n) is 7.89. The Morgan fingerprint density at radius 3 is 1.42 bits per heavy atom. The number of benzene rings is 4. The zero-order valence-electron chi connectivity index (χ0n) is 23.4. The molecule has 220 valence electrons. The van der Waals surface area contributed by atoms with Crippen LogP contribution >= 0.6 is 0 Å². The van der Waals surface area contributed by atoms with Gasteiger partial charge in [0.25, 0.3) is 0 Å². The predicted octanol–water partition coefficient (Wildman–Crippen LogP) is 5.39. The molecule has 0 aromatic heterocycles. The lowest BCUT2D eigenvalue weighted by Gasteiger charge is -2.42. The molecule has 0 aliphatic carbocycles. The number of hydrogen-bond acceptors (Lipinski definition) is 10. The average molecular weight is 585 g/mol. The first kappa shape index (κ1) is 27.8. The molecule has 0 saturated carbocycles. The van der Waals surface area contributed by atoms with Gasteiger partial charge in [-0.25, -0.2) is 0 Å². The van der Waals surface area contributed by atoms with E-state index in [1.807, 2.05) is 0 Å². The Balaban J connectivity index is 1.57. The fraction of sp³-hybridized carbons (Fsp3) is 0.212. The highest BCUT2D eigenvalue weighted by molar-refractivity contribution is 6.11. The maximum atomic E-state index is 14.5. The van der Waals surface area contributed by atoms with Crippen LogP contribution in [0, 0.1) is 11.8 Å². The Hall–Kier alpha value is -5.38. The van der Waals surface area contributed by atoms with Crippen LogP contribution in [0.1, 0.15) is 44.1 Å². The van der Waals surface area contributed by atoms with Gasteiger partial charge >= 0.3 is 0 Å². The number of ketones is 2. The van der Waals surface area contributed by atoms with Crippen LogP contribution < -0.4 is 23.7 Å². The van der Waals surface area contributed by atoms with E-state index in [2.05, 4.69) is 0 Å². The van der Waals surface area contributed by atoms with Crippen LogP contribution in [0.5, 0.6) is 46.0 Å². The molecule has 0 saturated heterocycles. The van der Waals surface area contributed by atoms with Crippen molar-refractivity contribution in [2.75, 3.05) is 21.3 Å². The van der Waals surface area contributed by atoms with E-state index in [0.717, 1.165) is 6.07 Å². The highest BCUT2D eigenvalue weighted by Crippen LogP contribution is 2.53. The number of Topliss-reactive ketones (excluding diaryl/α,β-unsaturated/α-hetero) is 2. The maximum absolute atomic E-state index is 14.5. The minimum absolute atomic E-state index is 0.0299. The first-order chi connectivity index (χ1) is 20.7. The maximum Gasteiger partial charge on any atom is 0.178 e. The van der Waals surface area contributed by atoms with Crippen molar-refractivity contribution < 1.29 is 48.6 Å². The first-order valence-electron chi connectivity index (χ1n) is 13.4. The molecule has 2 heterocycles. The standard InChI is InChI=1S/C33H28O10/c1-39-19-8-4-16(5-9-19)32-28(30(37)26-22(35)12-18(34)13-24(26)42-32)29-31(38)27-23(36)14-21(41-3)15-25(27)43-33(29)17-6-10-20(40-2)11-7-17/h4-15,28-29,32-36H,1-3H3/t28-,29-,32-,33-/m1/s1. The van der Waals surface area contributed by atoms with Crippen molar-refractivity contribution in [1.82, 2.24) is 0 Å². The van der Waals surface area contributed by atoms with Gasteiger partial charge in [-0.15, -0.1) is 0 Å². The molecule has 2 aliphatic heterocycles. The Morgan fingerprint density at radius 2 is 0.977 bits per heavy atom. The number of carbonyl (C=O) groups is 2. The van der Waals surface area contributed by atoms with E-state index in [1.165, 1.54) is 39.5 Å². The van der Waals surface area contributed by atoms with E-state index < -0.39 is 41.4 Å². The minimum Gasteiger partial charge on any atom is -0.508 e. The summed E-state index contributed by atoms with van der Waals surface area (Å²) in [4.78, 5) is 28.9. The van der Waals surface area contributed by atoms with E-state index in [0.29, 0.717) is 22.6 Å². The van der Waals surface area contributed by atoms with Gasteiger partial charge in [0, 0.05) is 24.3 Å². The van der Waals surface area contributed by atoms with Crippen molar-refractivity contribution in [2.45, 2.75) is 12.2 Å². The number of methoxy groups -OCH3 is 3. The van der Waals surface area contributed by atoms with Crippen LogP contribution in [-0.4, -0.2) is 48.2 Å². The largest absolute Gasteiger partial charge is 0.508 e. The molecule has 0 amide bonds. The molecule has 0 spiro atoms. The Kier molecular flexibility index (Phi) is 6.97. The molecular formula is C33H28O10. The van der Waals surface area contributed by atoms with Gasteiger partial charge in [0.05, 0.1) is 33.2 Å². The number of phenolic OH excluding ortho intramolecular Hbond substituents is 3. The normalized spacial score (nSPS) is 20.7. The van der Waals surface area contributed by atoms with Crippen molar-refractivity contribution in [3.8, 4) is 46.0 Å². The van der Waals surface area contributed by atoms with Gasteiger partial charge in [0.15, 0.2) is 11.6 Å². The van der Waals surface area contributed by atoms with Gasteiger partial charge in [-0.2, -0.15) is 0 Å². The van der Waals surface area contributed by atoms with Gasteiger partial charge in [-0.3, -0.25) is 9.59 Å². The smallest absolute Gasteiger partial charge is 0.178 e. The number of aromatic hydroxyl groups is 3.